The highest BCUT2D eigenvalue weighted by atomic mass is 19.4. The minimum absolute atomic E-state index is 0.0920. The Hall–Kier alpha value is -2.45. The normalized spacial score (nSPS) is 16.1. The molecule has 0 aliphatic carbocycles. The number of carbonyl (C=O) groups is 1. The lowest BCUT2D eigenvalue weighted by atomic mass is 10.1. The summed E-state index contributed by atoms with van der Waals surface area (Å²) in [5.41, 5.74) is 1.19. The largest absolute Gasteiger partial charge is 0.433 e. The summed E-state index contributed by atoms with van der Waals surface area (Å²) in [4.78, 5) is 19.7. The van der Waals surface area contributed by atoms with Crippen molar-refractivity contribution in [2.24, 2.45) is 0 Å². The van der Waals surface area contributed by atoms with Crippen LogP contribution in [0.5, 0.6) is 0 Å². The molecule has 0 atom stereocenters. The van der Waals surface area contributed by atoms with Crippen LogP contribution in [0.2, 0.25) is 0 Å². The van der Waals surface area contributed by atoms with E-state index in [1.807, 2.05) is 41.0 Å². The number of aryl methyl sites for hydroxylation is 1. The number of nitrogens with zero attached hydrogens (tertiary/aromatic N) is 3. The number of rotatable bonds is 5. The fourth-order valence-corrected chi connectivity index (χ4v) is 3.29. The molecule has 0 radical (unpaired) electrons. The molecule has 1 fully saturated rings. The van der Waals surface area contributed by atoms with E-state index < -0.39 is 11.9 Å². The lowest BCUT2D eigenvalue weighted by Gasteiger charge is -2.34. The van der Waals surface area contributed by atoms with Crippen LogP contribution in [0, 0.1) is 6.92 Å². The number of alkyl halides is 3. The van der Waals surface area contributed by atoms with E-state index in [1.54, 1.807) is 0 Å². The number of nitrogens with one attached hydrogen (secondary N) is 1. The fourth-order valence-electron chi connectivity index (χ4n) is 3.29. The predicted octanol–water partition coefficient (Wildman–Crippen LogP) is 3.17. The molecule has 0 spiro atoms. The molecule has 3 rings (SSSR count). The summed E-state index contributed by atoms with van der Waals surface area (Å²) >= 11 is 0. The van der Waals surface area contributed by atoms with E-state index in [-0.39, 0.29) is 24.6 Å². The topological polar surface area (TPSA) is 48.5 Å². The summed E-state index contributed by atoms with van der Waals surface area (Å²) in [6.45, 7) is 4.88. The van der Waals surface area contributed by atoms with Gasteiger partial charge in [-0.05, 0) is 36.2 Å². The molecule has 5 nitrogen and oxygen atoms in total. The molecule has 0 bridgehead atoms. The predicted molar refractivity (Wildman–Crippen MR) is 101 cm³/mol. The monoisotopic (exact) mass is 392 g/mol. The Kier molecular flexibility index (Phi) is 6.31. The Bertz CT molecular complexity index is 817. The van der Waals surface area contributed by atoms with Gasteiger partial charge < -0.3 is 5.32 Å². The highest BCUT2D eigenvalue weighted by Crippen LogP contribution is 2.30. The molecule has 1 aromatic heterocycles. The third-order valence-electron chi connectivity index (χ3n) is 4.69. The van der Waals surface area contributed by atoms with Crippen LogP contribution < -0.4 is 5.32 Å². The number of hydrogen-bond donors (Lipinski definition) is 1. The Morgan fingerprint density at radius 2 is 1.82 bits per heavy atom. The van der Waals surface area contributed by atoms with Gasteiger partial charge in [-0.3, -0.25) is 19.6 Å². The lowest BCUT2D eigenvalue weighted by molar-refractivity contribution is -0.142. The van der Waals surface area contributed by atoms with E-state index in [0.717, 1.165) is 17.4 Å². The molecule has 1 aromatic carbocycles. The molecule has 1 aliphatic heterocycles. The van der Waals surface area contributed by atoms with Gasteiger partial charge in [0.15, 0.2) is 0 Å². The number of benzene rings is 1. The Labute approximate surface area is 162 Å². The summed E-state index contributed by atoms with van der Waals surface area (Å²) in [6, 6.07) is 10.6. The van der Waals surface area contributed by atoms with Crippen molar-refractivity contribution < 1.29 is 18.0 Å². The van der Waals surface area contributed by atoms with Gasteiger partial charge >= 0.3 is 6.18 Å². The van der Waals surface area contributed by atoms with Crippen LogP contribution in [0.3, 0.4) is 0 Å². The van der Waals surface area contributed by atoms with E-state index in [2.05, 4.69) is 10.3 Å². The molecule has 2 heterocycles. The number of piperazine rings is 1. The Morgan fingerprint density at radius 3 is 2.50 bits per heavy atom. The first kappa shape index (κ1) is 20.3. The molecule has 0 saturated carbocycles. The number of aromatic nitrogens is 1. The van der Waals surface area contributed by atoms with Crippen molar-refractivity contribution in [1.82, 2.24) is 14.8 Å². The van der Waals surface area contributed by atoms with Gasteiger partial charge in [0.2, 0.25) is 5.91 Å². The average molecular weight is 392 g/mol. The van der Waals surface area contributed by atoms with Crippen LogP contribution >= 0.6 is 0 Å². The van der Waals surface area contributed by atoms with Gasteiger partial charge in [-0.15, -0.1) is 0 Å². The third kappa shape index (κ3) is 5.53. The van der Waals surface area contributed by atoms with Crippen molar-refractivity contribution in [3.8, 4) is 0 Å². The second kappa shape index (κ2) is 8.70. The summed E-state index contributed by atoms with van der Waals surface area (Å²) in [5.74, 6) is -0.0920. The number of anilines is 1. The maximum absolute atomic E-state index is 13.1. The smallest absolute Gasteiger partial charge is 0.325 e. The quantitative estimate of drug-likeness (QED) is 0.849. The van der Waals surface area contributed by atoms with Crippen LogP contribution in [0.25, 0.3) is 0 Å². The van der Waals surface area contributed by atoms with Gasteiger partial charge in [0.25, 0.3) is 0 Å². The van der Waals surface area contributed by atoms with Crippen molar-refractivity contribution >= 4 is 11.6 Å². The van der Waals surface area contributed by atoms with E-state index in [4.69, 9.17) is 0 Å². The van der Waals surface area contributed by atoms with Gasteiger partial charge in [-0.1, -0.05) is 18.2 Å². The van der Waals surface area contributed by atoms with Crippen molar-refractivity contribution in [2.45, 2.75) is 19.6 Å². The van der Waals surface area contributed by atoms with Gasteiger partial charge in [0.1, 0.15) is 5.69 Å². The molecule has 150 valence electrons. The van der Waals surface area contributed by atoms with E-state index in [9.17, 15) is 18.0 Å². The van der Waals surface area contributed by atoms with Gasteiger partial charge in [-0.25, -0.2) is 0 Å². The summed E-state index contributed by atoms with van der Waals surface area (Å²) in [5, 5.41) is 2.88. The summed E-state index contributed by atoms with van der Waals surface area (Å²) < 4.78 is 39.2. The standard InChI is InChI=1S/C20H23F3N4O/c1-15-4-2-6-17(12-15)25-18(28)14-27-10-8-26(9-11-27)13-16-5-3-7-24-19(16)20(21,22)23/h2-7,12H,8-11,13-14H2,1H3,(H,25,28). The van der Waals surface area contributed by atoms with Crippen LogP contribution in [-0.4, -0.2) is 53.4 Å². The summed E-state index contributed by atoms with van der Waals surface area (Å²) in [7, 11) is 0. The van der Waals surface area contributed by atoms with Crippen LogP contribution in [0.15, 0.2) is 42.6 Å². The van der Waals surface area contributed by atoms with Crippen molar-refractivity contribution in [3.63, 3.8) is 0 Å². The Balaban J connectivity index is 1.49. The lowest BCUT2D eigenvalue weighted by Crippen LogP contribution is -2.48. The number of pyridine rings is 1. The third-order valence-corrected chi connectivity index (χ3v) is 4.69. The number of carbonyl (C=O) groups excluding carboxylic acids is 1. The molecule has 1 amide bonds. The SMILES string of the molecule is Cc1cccc(NC(=O)CN2CCN(Cc3cccnc3C(F)(F)F)CC2)c1. The maximum Gasteiger partial charge on any atom is 0.433 e. The zero-order valence-corrected chi connectivity index (χ0v) is 15.7. The molecule has 28 heavy (non-hydrogen) atoms. The summed E-state index contributed by atoms with van der Waals surface area (Å²) in [6.07, 6.45) is -3.29. The molecule has 0 unspecified atom stereocenters. The van der Waals surface area contributed by atoms with Crippen LogP contribution in [0.1, 0.15) is 16.8 Å². The Morgan fingerprint density at radius 1 is 1.11 bits per heavy atom. The first-order valence-electron chi connectivity index (χ1n) is 9.13. The zero-order chi connectivity index (χ0) is 20.1. The fraction of sp³-hybridized carbons (Fsp3) is 0.400. The minimum Gasteiger partial charge on any atom is -0.325 e. The highest BCUT2D eigenvalue weighted by molar-refractivity contribution is 5.92. The van der Waals surface area contributed by atoms with Gasteiger partial charge in [0, 0.05) is 44.6 Å². The van der Waals surface area contributed by atoms with Crippen LogP contribution in [0.4, 0.5) is 18.9 Å². The molecule has 8 heteroatoms. The second-order valence-corrected chi connectivity index (χ2v) is 6.98. The zero-order valence-electron chi connectivity index (χ0n) is 15.7. The maximum atomic E-state index is 13.1. The molecular formula is C20H23F3N4O. The molecule has 1 aliphatic rings. The van der Waals surface area contributed by atoms with E-state index >= 15 is 0 Å². The van der Waals surface area contributed by atoms with Gasteiger partial charge in [-0.2, -0.15) is 13.2 Å². The number of amides is 1. The van der Waals surface area contributed by atoms with E-state index in [1.165, 1.54) is 12.1 Å². The van der Waals surface area contributed by atoms with Crippen molar-refractivity contribution in [2.75, 3.05) is 38.0 Å². The number of hydrogen-bond acceptors (Lipinski definition) is 4. The molecule has 1 saturated heterocycles. The molecular weight excluding hydrogens is 369 g/mol. The molecule has 2 aromatic rings. The first-order chi connectivity index (χ1) is 13.3. The average Bonchev–Trinajstić information content (AvgIpc) is 2.63. The molecule has 1 N–H and O–H groups in total. The van der Waals surface area contributed by atoms with Crippen LogP contribution in [-0.2, 0) is 17.5 Å². The second-order valence-electron chi connectivity index (χ2n) is 6.98. The highest BCUT2D eigenvalue weighted by Gasteiger charge is 2.35. The van der Waals surface area contributed by atoms with Crippen molar-refractivity contribution in [3.05, 3.63) is 59.4 Å². The van der Waals surface area contributed by atoms with Crippen molar-refractivity contribution in [1.29, 1.82) is 0 Å². The van der Waals surface area contributed by atoms with E-state index in [0.29, 0.717) is 26.2 Å². The minimum atomic E-state index is -4.45. The van der Waals surface area contributed by atoms with Gasteiger partial charge in [0.05, 0.1) is 6.54 Å². The first-order valence-corrected chi connectivity index (χ1v) is 9.13. The number of halogens is 3.